The van der Waals surface area contributed by atoms with E-state index in [2.05, 4.69) is 58.3 Å². The third-order valence-electron chi connectivity index (χ3n) is 10.1. The summed E-state index contributed by atoms with van der Waals surface area (Å²) < 4.78 is 17.7. The second kappa shape index (κ2) is 18.7. The third kappa shape index (κ3) is 11.9. The van der Waals surface area contributed by atoms with E-state index in [1.165, 1.54) is 19.2 Å². The van der Waals surface area contributed by atoms with Crippen molar-refractivity contribution < 1.29 is 33.4 Å². The highest BCUT2D eigenvalue weighted by Crippen LogP contribution is 2.38. The standard InChI is InChI=1S/C42H61N3O7Si/c1-12-20-45(21-13-2)39(48)31-24-30(25-32(26-31)40(49)51-9)38(47)44-36(23-29-16-14-18-34(46)22-29)37(52-53(10,11)41(3,4)5)28-43-42(6,7)33-17-15-19-35(27-33)50-8/h14-19,22,24-27,36-37,43,46H,12-13,20-21,23,28H2,1-11H3,(H,44,47)/t36-,37+/m0/s1. The molecule has 3 aromatic carbocycles. The molecule has 2 atom stereocenters. The Kier molecular flexibility index (Phi) is 15.3. The van der Waals surface area contributed by atoms with Crippen LogP contribution in [0.15, 0.2) is 66.7 Å². The van der Waals surface area contributed by atoms with Crippen LogP contribution in [0.25, 0.3) is 0 Å². The van der Waals surface area contributed by atoms with Gasteiger partial charge in [-0.2, -0.15) is 0 Å². The monoisotopic (exact) mass is 747 g/mol. The normalized spacial score (nSPS) is 13.2. The first-order chi connectivity index (χ1) is 24.8. The Balaban J connectivity index is 2.13. The molecule has 3 rings (SSSR count). The quantitative estimate of drug-likeness (QED) is 0.0893. The number of rotatable bonds is 18. The van der Waals surface area contributed by atoms with Gasteiger partial charge in [-0.1, -0.05) is 58.9 Å². The number of phenols is 1. The van der Waals surface area contributed by atoms with E-state index < -0.39 is 37.9 Å². The predicted octanol–water partition coefficient (Wildman–Crippen LogP) is 7.71. The zero-order valence-electron chi connectivity index (χ0n) is 33.6. The van der Waals surface area contributed by atoms with Gasteiger partial charge in [0.2, 0.25) is 0 Å². The summed E-state index contributed by atoms with van der Waals surface area (Å²) in [5.41, 5.74) is 1.82. The molecular weight excluding hydrogens is 687 g/mol. The van der Waals surface area contributed by atoms with E-state index in [4.69, 9.17) is 13.9 Å². The van der Waals surface area contributed by atoms with Crippen molar-refractivity contribution in [1.29, 1.82) is 0 Å². The SMILES string of the molecule is CCCN(CCC)C(=O)c1cc(C(=O)N[C@@H](Cc2cccc(O)c2)[C@@H](CNC(C)(C)c2cccc(OC)c2)O[Si](C)(C)C(C)(C)C)cc(C(=O)OC)c1. The van der Waals surface area contributed by atoms with E-state index in [1.807, 2.05) is 44.2 Å². The number of carbonyl (C=O) groups excluding carboxylic acids is 3. The molecule has 0 aliphatic heterocycles. The van der Waals surface area contributed by atoms with Crippen LogP contribution >= 0.6 is 0 Å². The summed E-state index contributed by atoms with van der Waals surface area (Å²) in [5.74, 6) is -0.508. The lowest BCUT2D eigenvalue weighted by molar-refractivity contribution is 0.0600. The van der Waals surface area contributed by atoms with Gasteiger partial charge in [-0.25, -0.2) is 4.79 Å². The summed E-state index contributed by atoms with van der Waals surface area (Å²) in [6.07, 6.45) is 1.35. The number of ether oxygens (including phenoxy) is 2. The summed E-state index contributed by atoms with van der Waals surface area (Å²) in [6.45, 7) is 20.5. The highest BCUT2D eigenvalue weighted by Gasteiger charge is 2.41. The average Bonchev–Trinajstić information content (AvgIpc) is 3.11. The Hall–Kier alpha value is -4.19. The topological polar surface area (TPSA) is 126 Å². The van der Waals surface area contributed by atoms with Crippen LogP contribution in [-0.4, -0.2) is 82.1 Å². The minimum Gasteiger partial charge on any atom is -0.508 e. The molecule has 0 aromatic heterocycles. The van der Waals surface area contributed by atoms with Gasteiger partial charge in [0.05, 0.1) is 31.9 Å². The van der Waals surface area contributed by atoms with E-state index in [-0.39, 0.29) is 33.4 Å². The number of nitrogens with zero attached hydrogens (tertiary/aromatic N) is 1. The molecule has 11 heteroatoms. The fourth-order valence-corrected chi connectivity index (χ4v) is 7.27. The molecule has 0 fully saturated rings. The van der Waals surface area contributed by atoms with Crippen molar-refractivity contribution in [2.45, 2.75) is 104 Å². The first kappa shape index (κ1) is 43.2. The molecule has 3 N–H and O–H groups in total. The van der Waals surface area contributed by atoms with Crippen LogP contribution in [0.2, 0.25) is 18.1 Å². The van der Waals surface area contributed by atoms with Gasteiger partial charge in [0.15, 0.2) is 8.32 Å². The van der Waals surface area contributed by atoms with Gasteiger partial charge in [0, 0.05) is 36.3 Å². The van der Waals surface area contributed by atoms with Crippen molar-refractivity contribution >= 4 is 26.1 Å². The van der Waals surface area contributed by atoms with Crippen molar-refractivity contribution in [2.75, 3.05) is 33.9 Å². The summed E-state index contributed by atoms with van der Waals surface area (Å²) in [6, 6.07) is 18.8. The number of phenolic OH excluding ortho intramolecular Hbond substituents is 1. The van der Waals surface area contributed by atoms with E-state index in [1.54, 1.807) is 36.3 Å². The Morgan fingerprint density at radius 1 is 0.849 bits per heavy atom. The molecule has 0 heterocycles. The molecule has 0 bridgehead atoms. The molecule has 0 radical (unpaired) electrons. The molecule has 0 aliphatic rings. The van der Waals surface area contributed by atoms with Crippen LogP contribution in [-0.2, 0) is 21.1 Å². The van der Waals surface area contributed by atoms with Crippen LogP contribution in [0, 0.1) is 0 Å². The number of aromatic hydroxyl groups is 1. The number of hydrogen-bond donors (Lipinski definition) is 3. The van der Waals surface area contributed by atoms with Gasteiger partial charge in [-0.05, 0) is 105 Å². The maximum absolute atomic E-state index is 14.4. The molecule has 0 aliphatic carbocycles. The first-order valence-electron chi connectivity index (χ1n) is 18.5. The molecule has 10 nitrogen and oxygen atoms in total. The highest BCUT2D eigenvalue weighted by atomic mass is 28.4. The summed E-state index contributed by atoms with van der Waals surface area (Å²) in [4.78, 5) is 42.7. The van der Waals surface area contributed by atoms with Gasteiger partial charge in [0.1, 0.15) is 11.5 Å². The van der Waals surface area contributed by atoms with Gasteiger partial charge in [-0.3, -0.25) is 9.59 Å². The average molecular weight is 748 g/mol. The second-order valence-electron chi connectivity index (χ2n) is 15.7. The Morgan fingerprint density at radius 2 is 1.47 bits per heavy atom. The second-order valence-corrected chi connectivity index (χ2v) is 20.4. The highest BCUT2D eigenvalue weighted by molar-refractivity contribution is 6.74. The zero-order chi connectivity index (χ0) is 39.6. The van der Waals surface area contributed by atoms with Crippen LogP contribution < -0.4 is 15.4 Å². The van der Waals surface area contributed by atoms with E-state index in [0.717, 1.165) is 29.7 Å². The van der Waals surface area contributed by atoms with Gasteiger partial charge >= 0.3 is 5.97 Å². The molecule has 3 aromatic rings. The number of carbonyl (C=O) groups is 3. The van der Waals surface area contributed by atoms with E-state index >= 15 is 0 Å². The largest absolute Gasteiger partial charge is 0.508 e. The number of esters is 1. The molecule has 0 saturated heterocycles. The zero-order valence-corrected chi connectivity index (χ0v) is 34.6. The van der Waals surface area contributed by atoms with Crippen LogP contribution in [0.1, 0.15) is 104 Å². The number of amides is 2. The minimum atomic E-state index is -2.43. The third-order valence-corrected chi connectivity index (χ3v) is 14.6. The molecular formula is C42H61N3O7Si. The number of hydrogen-bond acceptors (Lipinski definition) is 8. The number of nitrogens with one attached hydrogen (secondary N) is 2. The lowest BCUT2D eigenvalue weighted by Crippen LogP contribution is -2.57. The van der Waals surface area contributed by atoms with Gasteiger partial charge < -0.3 is 34.5 Å². The molecule has 0 unspecified atom stereocenters. The Morgan fingerprint density at radius 3 is 2.06 bits per heavy atom. The van der Waals surface area contributed by atoms with Crippen molar-refractivity contribution in [3.63, 3.8) is 0 Å². The van der Waals surface area contributed by atoms with Crippen LogP contribution in [0.3, 0.4) is 0 Å². The Bertz CT molecular complexity index is 1700. The predicted molar refractivity (Wildman–Crippen MR) is 213 cm³/mol. The van der Waals surface area contributed by atoms with Crippen molar-refractivity contribution in [3.05, 3.63) is 94.5 Å². The van der Waals surface area contributed by atoms with E-state index in [0.29, 0.717) is 26.1 Å². The maximum Gasteiger partial charge on any atom is 0.337 e. The van der Waals surface area contributed by atoms with Crippen LogP contribution in [0.4, 0.5) is 0 Å². The maximum atomic E-state index is 14.4. The van der Waals surface area contributed by atoms with Gasteiger partial charge in [-0.15, -0.1) is 0 Å². The summed E-state index contributed by atoms with van der Waals surface area (Å²) in [5, 5.41) is 17.2. The lowest BCUT2D eigenvalue weighted by atomic mass is 9.93. The Labute approximate surface area is 317 Å². The smallest absolute Gasteiger partial charge is 0.337 e. The van der Waals surface area contributed by atoms with Crippen molar-refractivity contribution in [1.82, 2.24) is 15.5 Å². The molecule has 2 amide bonds. The summed E-state index contributed by atoms with van der Waals surface area (Å²) >= 11 is 0. The molecule has 53 heavy (non-hydrogen) atoms. The minimum absolute atomic E-state index is 0.108. The fraction of sp³-hybridized carbons (Fsp3) is 0.500. The van der Waals surface area contributed by atoms with E-state index in [9.17, 15) is 19.5 Å². The molecule has 0 spiro atoms. The number of methoxy groups -OCH3 is 2. The van der Waals surface area contributed by atoms with Gasteiger partial charge in [0.25, 0.3) is 11.8 Å². The fourth-order valence-electron chi connectivity index (χ4n) is 5.91. The van der Waals surface area contributed by atoms with Crippen LogP contribution in [0.5, 0.6) is 11.5 Å². The lowest BCUT2D eigenvalue weighted by Gasteiger charge is -2.43. The first-order valence-corrected chi connectivity index (χ1v) is 21.4. The van der Waals surface area contributed by atoms with Crippen molar-refractivity contribution in [2.24, 2.45) is 0 Å². The molecule has 0 saturated carbocycles. The van der Waals surface area contributed by atoms with Crippen molar-refractivity contribution in [3.8, 4) is 11.5 Å². The number of benzene rings is 3. The summed E-state index contributed by atoms with van der Waals surface area (Å²) in [7, 11) is 0.479. The molecule has 290 valence electrons.